The Morgan fingerprint density at radius 1 is 1.07 bits per heavy atom. The van der Waals surface area contributed by atoms with Gasteiger partial charge in [-0.2, -0.15) is 4.99 Å². The average molecular weight is 624 g/mol. The number of anilines is 3. The van der Waals surface area contributed by atoms with E-state index in [1.54, 1.807) is 24.3 Å². The van der Waals surface area contributed by atoms with Crippen LogP contribution in [0.5, 0.6) is 5.75 Å². The quantitative estimate of drug-likeness (QED) is 0.220. The van der Waals surface area contributed by atoms with Crippen molar-refractivity contribution < 1.29 is 27.5 Å². The van der Waals surface area contributed by atoms with E-state index in [-0.39, 0.29) is 29.9 Å². The molecule has 0 bridgehead atoms. The molecule has 2 heterocycles. The Bertz CT molecular complexity index is 1690. The molecule has 228 valence electrons. The number of benzene rings is 3. The molecule has 0 spiro atoms. The Balaban J connectivity index is 1.18. The summed E-state index contributed by atoms with van der Waals surface area (Å²) in [6, 6.07) is 17.6. The van der Waals surface area contributed by atoms with Crippen molar-refractivity contribution in [3.05, 3.63) is 90.0 Å². The van der Waals surface area contributed by atoms with E-state index in [1.807, 2.05) is 25.1 Å². The first-order valence-corrected chi connectivity index (χ1v) is 14.5. The minimum Gasteiger partial charge on any atom is -0.406 e. The van der Waals surface area contributed by atoms with Crippen LogP contribution in [0.3, 0.4) is 0 Å². The van der Waals surface area contributed by atoms with Gasteiger partial charge in [-0.05, 0) is 78.6 Å². The molecule has 3 amide bonds. The van der Waals surface area contributed by atoms with E-state index < -0.39 is 12.4 Å². The lowest BCUT2D eigenvalue weighted by Crippen LogP contribution is -2.31. The van der Waals surface area contributed by atoms with Gasteiger partial charge in [0.25, 0.3) is 0 Å². The fourth-order valence-electron chi connectivity index (χ4n) is 4.41. The zero-order valence-electron chi connectivity index (χ0n) is 23.9. The molecular weight excluding hydrogens is 595 g/mol. The number of urea groups is 1. The Labute approximate surface area is 255 Å². The highest BCUT2D eigenvalue weighted by Gasteiger charge is 2.33. The topological polar surface area (TPSA) is 114 Å². The van der Waals surface area contributed by atoms with Crippen LogP contribution in [0.15, 0.2) is 78.0 Å². The second-order valence-electron chi connectivity index (χ2n) is 10.1. The molecular formula is C30H28F3N7O3S. The van der Waals surface area contributed by atoms with Crippen molar-refractivity contribution in [3.63, 3.8) is 0 Å². The van der Waals surface area contributed by atoms with Crippen LogP contribution in [-0.2, 0) is 11.3 Å². The maximum atomic E-state index is 12.8. The molecule has 1 aromatic heterocycles. The zero-order chi connectivity index (χ0) is 31.4. The van der Waals surface area contributed by atoms with Gasteiger partial charge in [-0.25, -0.2) is 14.5 Å². The lowest BCUT2D eigenvalue weighted by Gasteiger charge is -2.22. The number of amidine groups is 1. The number of alkyl halides is 3. The third-order valence-corrected chi connectivity index (χ3v) is 7.40. The number of aryl methyl sites for hydroxylation is 1. The number of aliphatic imine (C=N–C) groups is 1. The molecule has 1 saturated heterocycles. The molecule has 4 aromatic rings. The second kappa shape index (κ2) is 12.8. The van der Waals surface area contributed by atoms with Gasteiger partial charge < -0.3 is 15.4 Å². The Kier molecular flexibility index (Phi) is 8.90. The largest absolute Gasteiger partial charge is 0.573 e. The molecule has 1 aliphatic rings. The minimum atomic E-state index is -4.76. The molecule has 1 aliphatic heterocycles. The predicted octanol–water partition coefficient (Wildman–Crippen LogP) is 6.88. The number of hydrogen-bond acceptors (Lipinski definition) is 7. The number of nitrogens with zero attached hydrogens (tertiary/aromatic N) is 5. The lowest BCUT2D eigenvalue weighted by molar-refractivity contribution is -0.274. The Morgan fingerprint density at radius 3 is 2.45 bits per heavy atom. The van der Waals surface area contributed by atoms with Crippen LogP contribution in [0.4, 0.5) is 35.0 Å². The Hall–Kier alpha value is -4.85. The van der Waals surface area contributed by atoms with Crippen LogP contribution in [0, 0.1) is 6.92 Å². The highest BCUT2D eigenvalue weighted by atomic mass is 32.2. The van der Waals surface area contributed by atoms with Gasteiger partial charge in [0.15, 0.2) is 11.0 Å². The van der Waals surface area contributed by atoms with Crippen LogP contribution in [-0.4, -0.2) is 44.0 Å². The number of nitrogens with one attached hydrogen (secondary N) is 2. The monoisotopic (exact) mass is 623 g/mol. The summed E-state index contributed by atoms with van der Waals surface area (Å²) < 4.78 is 42.4. The van der Waals surface area contributed by atoms with Crippen molar-refractivity contribution in [1.82, 2.24) is 14.8 Å². The summed E-state index contributed by atoms with van der Waals surface area (Å²) in [6.45, 7) is 6.33. The second-order valence-corrected chi connectivity index (χ2v) is 11.1. The van der Waals surface area contributed by atoms with E-state index in [0.29, 0.717) is 22.4 Å². The van der Waals surface area contributed by atoms with E-state index in [1.165, 1.54) is 51.9 Å². The van der Waals surface area contributed by atoms with Gasteiger partial charge in [-0.1, -0.05) is 37.7 Å². The summed E-state index contributed by atoms with van der Waals surface area (Å²) >= 11 is 1.22. The van der Waals surface area contributed by atoms with Gasteiger partial charge in [0.1, 0.15) is 12.1 Å². The number of amides is 3. The predicted molar refractivity (Wildman–Crippen MR) is 163 cm³/mol. The normalized spacial score (nSPS) is 14.4. The highest BCUT2D eigenvalue weighted by Crippen LogP contribution is 2.34. The third kappa shape index (κ3) is 7.56. The van der Waals surface area contributed by atoms with Gasteiger partial charge >= 0.3 is 12.4 Å². The van der Waals surface area contributed by atoms with Gasteiger partial charge in [-0.15, -0.1) is 18.3 Å². The SMILES string of the molecule is Cc1ccc(C(C)C)c(N2C(=O)CSC2=NC(=O)Nc2ccc(NCc3ncn(-c4ccc(OC(F)(F)F)cc4)n3)cc2)c1. The minimum absolute atomic E-state index is 0.128. The maximum Gasteiger partial charge on any atom is 0.573 e. The van der Waals surface area contributed by atoms with E-state index in [0.717, 1.165) is 22.5 Å². The molecule has 0 saturated carbocycles. The van der Waals surface area contributed by atoms with Crippen LogP contribution in [0.1, 0.15) is 36.7 Å². The molecule has 10 nitrogen and oxygen atoms in total. The van der Waals surface area contributed by atoms with Gasteiger partial charge in [-0.3, -0.25) is 9.69 Å². The average Bonchev–Trinajstić information content (AvgIpc) is 3.58. The summed E-state index contributed by atoms with van der Waals surface area (Å²) in [5.74, 6) is 0.384. The first-order valence-electron chi connectivity index (χ1n) is 13.5. The number of thioether (sulfide) groups is 1. The molecule has 0 radical (unpaired) electrons. The number of carbonyl (C=O) groups excluding carboxylic acids is 2. The van der Waals surface area contributed by atoms with Crippen molar-refractivity contribution in [2.45, 2.75) is 39.6 Å². The van der Waals surface area contributed by atoms with E-state index in [4.69, 9.17) is 0 Å². The van der Waals surface area contributed by atoms with Gasteiger partial charge in [0, 0.05) is 11.4 Å². The van der Waals surface area contributed by atoms with Crippen molar-refractivity contribution in [3.8, 4) is 11.4 Å². The van der Waals surface area contributed by atoms with Crippen molar-refractivity contribution >= 4 is 45.9 Å². The molecule has 0 aliphatic carbocycles. The van der Waals surface area contributed by atoms with E-state index in [2.05, 4.69) is 44.3 Å². The number of halogens is 3. The van der Waals surface area contributed by atoms with Crippen LogP contribution in [0.2, 0.25) is 0 Å². The number of hydrogen-bond donors (Lipinski definition) is 2. The smallest absolute Gasteiger partial charge is 0.406 e. The lowest BCUT2D eigenvalue weighted by atomic mass is 9.99. The van der Waals surface area contributed by atoms with Crippen molar-refractivity contribution in [2.24, 2.45) is 4.99 Å². The van der Waals surface area contributed by atoms with Crippen LogP contribution >= 0.6 is 11.8 Å². The maximum absolute atomic E-state index is 12.8. The van der Waals surface area contributed by atoms with E-state index >= 15 is 0 Å². The molecule has 3 aromatic carbocycles. The summed E-state index contributed by atoms with van der Waals surface area (Å²) in [4.78, 5) is 35.5. The van der Waals surface area contributed by atoms with Gasteiger partial charge in [0.2, 0.25) is 5.91 Å². The third-order valence-electron chi connectivity index (χ3n) is 6.47. The molecule has 5 rings (SSSR count). The number of aromatic nitrogens is 3. The van der Waals surface area contributed by atoms with E-state index in [9.17, 15) is 22.8 Å². The fourth-order valence-corrected chi connectivity index (χ4v) is 5.27. The molecule has 1 fully saturated rings. The molecule has 2 N–H and O–H groups in total. The number of carbonyl (C=O) groups is 2. The number of rotatable bonds is 8. The standard InChI is InChI=1S/C30H28F3N7O3S/c1-18(2)24-13-4-19(3)14-25(24)40-27(41)16-44-29(40)37-28(42)36-21-7-5-20(6-8-21)34-15-26-35-17-39(38-26)22-9-11-23(12-10-22)43-30(31,32)33/h4-14,17-18,34H,15-16H2,1-3H3,(H,36,42). The molecule has 0 unspecified atom stereocenters. The summed E-state index contributed by atoms with van der Waals surface area (Å²) in [5.41, 5.74) is 4.52. The molecule has 44 heavy (non-hydrogen) atoms. The zero-order valence-corrected chi connectivity index (χ0v) is 24.7. The Morgan fingerprint density at radius 2 is 1.77 bits per heavy atom. The highest BCUT2D eigenvalue weighted by molar-refractivity contribution is 8.15. The van der Waals surface area contributed by atoms with Crippen LogP contribution in [0.25, 0.3) is 5.69 Å². The molecule has 14 heteroatoms. The van der Waals surface area contributed by atoms with Crippen LogP contribution < -0.4 is 20.3 Å². The fraction of sp³-hybridized carbons (Fsp3) is 0.233. The summed E-state index contributed by atoms with van der Waals surface area (Å²) in [7, 11) is 0. The first kappa shape index (κ1) is 30.6. The molecule has 0 atom stereocenters. The first-order chi connectivity index (χ1) is 20.9. The summed E-state index contributed by atoms with van der Waals surface area (Å²) in [5, 5.41) is 10.6. The van der Waals surface area contributed by atoms with Gasteiger partial charge in [0.05, 0.1) is 23.7 Å². The summed E-state index contributed by atoms with van der Waals surface area (Å²) in [6.07, 6.45) is -3.31. The van der Waals surface area contributed by atoms with Crippen molar-refractivity contribution in [2.75, 3.05) is 21.3 Å². The van der Waals surface area contributed by atoms with Crippen molar-refractivity contribution in [1.29, 1.82) is 0 Å². The number of ether oxygens (including phenoxy) is 1.